The lowest BCUT2D eigenvalue weighted by Crippen LogP contribution is -2.28. The van der Waals surface area contributed by atoms with Gasteiger partial charge in [-0.25, -0.2) is 0 Å². The van der Waals surface area contributed by atoms with Crippen LogP contribution in [0.25, 0.3) is 10.8 Å². The summed E-state index contributed by atoms with van der Waals surface area (Å²) in [4.78, 5) is 0. The second kappa shape index (κ2) is 6.83. The molecule has 1 aliphatic heterocycles. The predicted molar refractivity (Wildman–Crippen MR) is 96.9 cm³/mol. The second-order valence-corrected chi connectivity index (χ2v) is 7.15. The van der Waals surface area contributed by atoms with Crippen molar-refractivity contribution in [2.75, 3.05) is 5.75 Å². The number of ether oxygens (including phenoxy) is 1. The first-order valence-electron chi connectivity index (χ1n) is 8.25. The van der Waals surface area contributed by atoms with E-state index < -0.39 is 0 Å². The summed E-state index contributed by atoms with van der Waals surface area (Å²) < 4.78 is 7.14. The van der Waals surface area contributed by atoms with Crippen LogP contribution in [0.15, 0.2) is 71.9 Å². The minimum Gasteiger partial charge on any atom is -0.618 e. The number of pyridine rings is 1. The molecule has 2 atom stereocenters. The molecule has 24 heavy (non-hydrogen) atoms. The summed E-state index contributed by atoms with van der Waals surface area (Å²) in [6.45, 7) is 0. The number of fused-ring (bicyclic) bond motifs is 1. The van der Waals surface area contributed by atoms with Crippen LogP contribution >= 0.6 is 11.8 Å². The summed E-state index contributed by atoms with van der Waals surface area (Å²) in [5.74, 6) is 0.816. The highest BCUT2D eigenvalue weighted by Crippen LogP contribution is 2.35. The molecular formula is C20H19NO2S. The Balaban J connectivity index is 1.41. The SMILES string of the molecule is [O-][n+]1ccccc1SC[C@@H]1CC[C@H](c2ccc3ccccc3c2)O1. The summed E-state index contributed by atoms with van der Waals surface area (Å²) in [6.07, 6.45) is 3.98. The van der Waals surface area contributed by atoms with Crippen LogP contribution in [0.3, 0.4) is 0 Å². The number of rotatable bonds is 4. The average Bonchev–Trinajstić information content (AvgIpc) is 3.10. The molecule has 0 spiro atoms. The third-order valence-electron chi connectivity index (χ3n) is 4.46. The first kappa shape index (κ1) is 15.5. The van der Waals surface area contributed by atoms with E-state index >= 15 is 0 Å². The molecule has 0 amide bonds. The number of thioether (sulfide) groups is 1. The highest BCUT2D eigenvalue weighted by molar-refractivity contribution is 7.99. The van der Waals surface area contributed by atoms with Crippen molar-refractivity contribution in [2.24, 2.45) is 0 Å². The van der Waals surface area contributed by atoms with Gasteiger partial charge < -0.3 is 9.94 Å². The van der Waals surface area contributed by atoms with Crippen molar-refractivity contribution >= 4 is 22.5 Å². The molecule has 1 aliphatic rings. The molecule has 122 valence electrons. The monoisotopic (exact) mass is 337 g/mol. The Morgan fingerprint density at radius 3 is 2.71 bits per heavy atom. The fourth-order valence-corrected chi connectivity index (χ4v) is 4.15. The summed E-state index contributed by atoms with van der Waals surface area (Å²) in [5, 5.41) is 14.9. The lowest BCUT2D eigenvalue weighted by Gasteiger charge is -2.14. The topological polar surface area (TPSA) is 36.2 Å². The average molecular weight is 337 g/mol. The van der Waals surface area contributed by atoms with E-state index in [0.29, 0.717) is 0 Å². The molecule has 1 fully saturated rings. The Kier molecular flexibility index (Phi) is 4.41. The Bertz CT molecular complexity index is 852. The second-order valence-electron chi connectivity index (χ2n) is 6.11. The van der Waals surface area contributed by atoms with E-state index in [1.54, 1.807) is 17.8 Å². The third kappa shape index (κ3) is 3.25. The van der Waals surface area contributed by atoms with Gasteiger partial charge in [0.25, 0.3) is 5.03 Å². The highest BCUT2D eigenvalue weighted by Gasteiger charge is 2.27. The quantitative estimate of drug-likeness (QED) is 0.400. The number of nitrogens with zero attached hydrogens (tertiary/aromatic N) is 1. The van der Waals surface area contributed by atoms with Crippen molar-refractivity contribution in [1.82, 2.24) is 0 Å². The van der Waals surface area contributed by atoms with E-state index in [0.717, 1.165) is 28.4 Å². The number of hydrogen-bond acceptors (Lipinski definition) is 3. The van der Waals surface area contributed by atoms with E-state index in [2.05, 4.69) is 42.5 Å². The van der Waals surface area contributed by atoms with Crippen molar-refractivity contribution in [3.63, 3.8) is 0 Å². The molecule has 4 heteroatoms. The van der Waals surface area contributed by atoms with Gasteiger partial charge in [-0.05, 0) is 41.3 Å². The maximum Gasteiger partial charge on any atom is 0.251 e. The van der Waals surface area contributed by atoms with Gasteiger partial charge >= 0.3 is 0 Å². The van der Waals surface area contributed by atoms with Crippen LogP contribution in [-0.2, 0) is 4.74 Å². The van der Waals surface area contributed by atoms with E-state index in [1.807, 2.05) is 12.1 Å². The Morgan fingerprint density at radius 2 is 1.83 bits per heavy atom. The smallest absolute Gasteiger partial charge is 0.251 e. The first-order chi connectivity index (χ1) is 11.8. The highest BCUT2D eigenvalue weighted by atomic mass is 32.2. The van der Waals surface area contributed by atoms with Crippen LogP contribution in [-0.4, -0.2) is 11.9 Å². The van der Waals surface area contributed by atoms with Crippen molar-refractivity contribution < 1.29 is 9.47 Å². The maximum atomic E-state index is 11.7. The van der Waals surface area contributed by atoms with Crippen molar-refractivity contribution in [3.8, 4) is 0 Å². The standard InChI is InChI=1S/C20H19NO2S/c22-21-12-4-3-7-20(21)24-14-18-10-11-19(23-18)17-9-8-15-5-1-2-6-16(15)13-17/h1-9,12-13,18-19H,10-11,14H2/t18-,19+/m0/s1. The van der Waals surface area contributed by atoms with Crippen LogP contribution in [0.4, 0.5) is 0 Å². The molecule has 1 saturated heterocycles. The molecule has 4 rings (SSSR count). The van der Waals surface area contributed by atoms with Crippen LogP contribution in [0, 0.1) is 5.21 Å². The van der Waals surface area contributed by atoms with Gasteiger partial charge in [0.15, 0.2) is 6.20 Å². The van der Waals surface area contributed by atoms with Crippen LogP contribution < -0.4 is 4.73 Å². The Morgan fingerprint density at radius 1 is 1.00 bits per heavy atom. The van der Waals surface area contributed by atoms with Gasteiger partial charge in [0.1, 0.15) is 0 Å². The molecule has 0 radical (unpaired) electrons. The van der Waals surface area contributed by atoms with Crippen molar-refractivity contribution in [3.05, 3.63) is 77.6 Å². The van der Waals surface area contributed by atoms with Gasteiger partial charge in [-0.3, -0.25) is 0 Å². The zero-order valence-corrected chi connectivity index (χ0v) is 14.1. The van der Waals surface area contributed by atoms with Gasteiger partial charge in [0, 0.05) is 17.9 Å². The minimum atomic E-state index is 0.162. The lowest BCUT2D eigenvalue weighted by molar-refractivity contribution is -0.645. The van der Waals surface area contributed by atoms with Crippen LogP contribution in [0.2, 0.25) is 0 Å². The fourth-order valence-electron chi connectivity index (χ4n) is 3.18. The maximum absolute atomic E-state index is 11.7. The van der Waals surface area contributed by atoms with Gasteiger partial charge in [-0.2, -0.15) is 4.73 Å². The zero-order chi connectivity index (χ0) is 16.4. The predicted octanol–water partition coefficient (Wildman–Crippen LogP) is 4.49. The van der Waals surface area contributed by atoms with Gasteiger partial charge in [-0.1, -0.05) is 48.2 Å². The summed E-state index contributed by atoms with van der Waals surface area (Å²) in [6, 6.07) is 20.5. The summed E-state index contributed by atoms with van der Waals surface area (Å²) >= 11 is 1.57. The van der Waals surface area contributed by atoms with Crippen LogP contribution in [0.5, 0.6) is 0 Å². The number of hydrogen-bond donors (Lipinski definition) is 0. The number of benzene rings is 2. The molecule has 2 aromatic carbocycles. The van der Waals surface area contributed by atoms with Crippen LogP contribution in [0.1, 0.15) is 24.5 Å². The van der Waals surface area contributed by atoms with Gasteiger partial charge in [-0.15, -0.1) is 0 Å². The lowest BCUT2D eigenvalue weighted by atomic mass is 10.0. The molecule has 3 nitrogen and oxygen atoms in total. The molecular weight excluding hydrogens is 318 g/mol. The molecule has 0 aliphatic carbocycles. The molecule has 0 unspecified atom stereocenters. The molecule has 0 saturated carbocycles. The zero-order valence-electron chi connectivity index (χ0n) is 13.3. The minimum absolute atomic E-state index is 0.162. The van der Waals surface area contributed by atoms with E-state index in [-0.39, 0.29) is 12.2 Å². The Hall–Kier alpha value is -2.04. The Labute approximate surface area is 145 Å². The molecule has 0 N–H and O–H groups in total. The fraction of sp³-hybridized carbons (Fsp3) is 0.250. The molecule has 1 aromatic heterocycles. The van der Waals surface area contributed by atoms with E-state index in [1.165, 1.54) is 22.5 Å². The molecule has 2 heterocycles. The number of aromatic nitrogens is 1. The molecule has 0 bridgehead atoms. The summed E-state index contributed by atoms with van der Waals surface area (Å²) in [5.41, 5.74) is 1.25. The largest absolute Gasteiger partial charge is 0.618 e. The third-order valence-corrected chi connectivity index (χ3v) is 5.61. The van der Waals surface area contributed by atoms with Gasteiger partial charge in [0.05, 0.1) is 12.2 Å². The summed E-state index contributed by atoms with van der Waals surface area (Å²) in [7, 11) is 0. The van der Waals surface area contributed by atoms with Crippen molar-refractivity contribution in [1.29, 1.82) is 0 Å². The molecule has 3 aromatic rings. The van der Waals surface area contributed by atoms with E-state index in [4.69, 9.17) is 4.74 Å². The van der Waals surface area contributed by atoms with Crippen molar-refractivity contribution in [2.45, 2.75) is 30.1 Å². The van der Waals surface area contributed by atoms with E-state index in [9.17, 15) is 5.21 Å². The normalized spacial score (nSPS) is 20.5. The van der Waals surface area contributed by atoms with Gasteiger partial charge in [0.2, 0.25) is 0 Å². The first-order valence-corrected chi connectivity index (χ1v) is 9.23.